The summed E-state index contributed by atoms with van der Waals surface area (Å²) in [5.74, 6) is 0.953. The third-order valence-electron chi connectivity index (χ3n) is 5.32. The van der Waals surface area contributed by atoms with Crippen LogP contribution in [0.15, 0.2) is 53.5 Å². The van der Waals surface area contributed by atoms with Gasteiger partial charge in [0.05, 0.1) is 0 Å². The van der Waals surface area contributed by atoms with E-state index < -0.39 is 0 Å². The molecule has 0 unspecified atom stereocenters. The van der Waals surface area contributed by atoms with Gasteiger partial charge in [0.1, 0.15) is 0 Å². The molecule has 0 atom stereocenters. The Bertz CT molecular complexity index is 926. The second kappa shape index (κ2) is 12.4. The number of aliphatic imine (C=N–C) groups is 1. The Labute approximate surface area is 207 Å². The first-order valence-electron chi connectivity index (χ1n) is 10.6. The summed E-state index contributed by atoms with van der Waals surface area (Å²) in [7, 11) is 5.23. The van der Waals surface area contributed by atoms with Crippen LogP contribution >= 0.6 is 24.0 Å². The van der Waals surface area contributed by atoms with E-state index in [-0.39, 0.29) is 35.8 Å². The van der Waals surface area contributed by atoms with Gasteiger partial charge in [-0.15, -0.1) is 24.0 Å². The lowest BCUT2D eigenvalue weighted by atomic mass is 10.1. The summed E-state index contributed by atoms with van der Waals surface area (Å²) in [4.78, 5) is 31.5. The SMILES string of the molecule is CN=C(NCc1ccc(CN2CCCC2=O)cc1)NCc1ccc(C(=O)N(C)C)cc1.I. The van der Waals surface area contributed by atoms with Crippen molar-refractivity contribution < 1.29 is 9.59 Å². The summed E-state index contributed by atoms with van der Waals surface area (Å²) in [6, 6.07) is 15.9. The van der Waals surface area contributed by atoms with E-state index in [0.29, 0.717) is 37.6 Å². The third kappa shape index (κ3) is 7.22. The molecule has 1 fully saturated rings. The van der Waals surface area contributed by atoms with Gasteiger partial charge in [-0.05, 0) is 35.2 Å². The van der Waals surface area contributed by atoms with Crippen molar-refractivity contribution in [2.24, 2.45) is 4.99 Å². The van der Waals surface area contributed by atoms with Crippen LogP contribution in [0.25, 0.3) is 0 Å². The quantitative estimate of drug-likeness (QED) is 0.317. The summed E-state index contributed by atoms with van der Waals surface area (Å²) in [5.41, 5.74) is 4.04. The number of guanidine groups is 1. The first-order valence-corrected chi connectivity index (χ1v) is 10.6. The maximum absolute atomic E-state index is 12.0. The fourth-order valence-electron chi connectivity index (χ4n) is 3.47. The Kier molecular flexibility index (Phi) is 9.96. The van der Waals surface area contributed by atoms with Gasteiger partial charge in [0.15, 0.2) is 5.96 Å². The third-order valence-corrected chi connectivity index (χ3v) is 5.32. The monoisotopic (exact) mass is 549 g/mol. The standard InChI is InChI=1S/C24H31N5O2.HI/c1-25-24(27-16-19-10-12-21(13-11-19)23(31)28(2)3)26-15-18-6-8-20(9-7-18)17-29-14-4-5-22(29)30;/h6-13H,4-5,14-17H2,1-3H3,(H2,25,26,27);1H. The number of amides is 2. The van der Waals surface area contributed by atoms with Crippen molar-refractivity contribution in [1.29, 1.82) is 0 Å². The number of likely N-dealkylation sites (tertiary alicyclic amines) is 1. The highest BCUT2D eigenvalue weighted by molar-refractivity contribution is 14.0. The van der Waals surface area contributed by atoms with E-state index >= 15 is 0 Å². The topological polar surface area (TPSA) is 77.0 Å². The largest absolute Gasteiger partial charge is 0.352 e. The van der Waals surface area contributed by atoms with Gasteiger partial charge in [0.2, 0.25) is 5.91 Å². The maximum atomic E-state index is 12.0. The van der Waals surface area contributed by atoms with Crippen molar-refractivity contribution in [3.8, 4) is 0 Å². The first kappa shape index (κ1) is 25.6. The average molecular weight is 549 g/mol. The van der Waals surface area contributed by atoms with Crippen LogP contribution in [0.3, 0.4) is 0 Å². The number of carbonyl (C=O) groups is 2. The fraction of sp³-hybridized carbons (Fsp3) is 0.375. The van der Waals surface area contributed by atoms with E-state index in [4.69, 9.17) is 0 Å². The number of rotatable bonds is 7. The first-order chi connectivity index (χ1) is 15.0. The van der Waals surface area contributed by atoms with Crippen LogP contribution < -0.4 is 10.6 Å². The van der Waals surface area contributed by atoms with E-state index in [2.05, 4.69) is 39.9 Å². The lowest BCUT2D eigenvalue weighted by Gasteiger charge is -2.16. The van der Waals surface area contributed by atoms with E-state index in [1.165, 1.54) is 0 Å². The van der Waals surface area contributed by atoms with Crippen molar-refractivity contribution in [3.05, 3.63) is 70.8 Å². The molecule has 0 radical (unpaired) electrons. The number of hydrogen-bond donors (Lipinski definition) is 2. The molecule has 2 aromatic rings. The van der Waals surface area contributed by atoms with Crippen LogP contribution in [0.1, 0.15) is 39.9 Å². The zero-order valence-electron chi connectivity index (χ0n) is 18.9. The highest BCUT2D eigenvalue weighted by Crippen LogP contribution is 2.14. The van der Waals surface area contributed by atoms with E-state index in [1.807, 2.05) is 29.2 Å². The zero-order chi connectivity index (χ0) is 22.2. The molecular weight excluding hydrogens is 517 g/mol. The average Bonchev–Trinajstić information content (AvgIpc) is 3.19. The minimum atomic E-state index is -0.00460. The summed E-state index contributed by atoms with van der Waals surface area (Å²) in [6.45, 7) is 2.81. The van der Waals surface area contributed by atoms with Gasteiger partial charge >= 0.3 is 0 Å². The van der Waals surface area contributed by atoms with Crippen LogP contribution in [0.5, 0.6) is 0 Å². The molecule has 2 N–H and O–H groups in total. The molecule has 3 rings (SSSR count). The molecule has 0 aromatic heterocycles. The summed E-state index contributed by atoms with van der Waals surface area (Å²) < 4.78 is 0. The predicted molar refractivity (Wildman–Crippen MR) is 138 cm³/mol. The van der Waals surface area contributed by atoms with Gasteiger partial charge in [0, 0.05) is 59.3 Å². The number of nitrogens with one attached hydrogen (secondary N) is 2. The van der Waals surface area contributed by atoms with Crippen LogP contribution in [0.2, 0.25) is 0 Å². The molecule has 0 bridgehead atoms. The molecule has 2 aromatic carbocycles. The fourth-order valence-corrected chi connectivity index (χ4v) is 3.47. The lowest BCUT2D eigenvalue weighted by Crippen LogP contribution is -2.36. The molecule has 172 valence electrons. The van der Waals surface area contributed by atoms with Crippen molar-refractivity contribution in [2.45, 2.75) is 32.5 Å². The van der Waals surface area contributed by atoms with Crippen LogP contribution in [0.4, 0.5) is 0 Å². The molecule has 0 spiro atoms. The van der Waals surface area contributed by atoms with Gasteiger partial charge in [-0.3, -0.25) is 14.6 Å². The second-order valence-corrected chi connectivity index (χ2v) is 7.91. The number of carbonyl (C=O) groups excluding carboxylic acids is 2. The van der Waals surface area contributed by atoms with E-state index in [1.54, 1.807) is 26.0 Å². The molecule has 0 saturated carbocycles. The maximum Gasteiger partial charge on any atom is 0.253 e. The molecule has 0 aliphatic carbocycles. The Morgan fingerprint density at radius 1 is 0.969 bits per heavy atom. The van der Waals surface area contributed by atoms with Crippen LogP contribution in [-0.4, -0.2) is 55.3 Å². The normalized spacial score (nSPS) is 13.5. The molecule has 1 aliphatic heterocycles. The van der Waals surface area contributed by atoms with E-state index in [9.17, 15) is 9.59 Å². The van der Waals surface area contributed by atoms with Crippen LogP contribution in [-0.2, 0) is 24.4 Å². The van der Waals surface area contributed by atoms with Crippen molar-refractivity contribution in [2.75, 3.05) is 27.7 Å². The minimum absolute atomic E-state index is 0. The number of benzene rings is 2. The van der Waals surface area contributed by atoms with Crippen molar-refractivity contribution >= 4 is 41.8 Å². The van der Waals surface area contributed by atoms with Crippen LogP contribution in [0, 0.1) is 0 Å². The molecule has 1 saturated heterocycles. The van der Waals surface area contributed by atoms with Gasteiger partial charge in [-0.2, -0.15) is 0 Å². The van der Waals surface area contributed by atoms with E-state index in [0.717, 1.165) is 29.7 Å². The summed E-state index contributed by atoms with van der Waals surface area (Å²) in [6.07, 6.45) is 1.64. The molecule has 1 heterocycles. The Morgan fingerprint density at radius 3 is 1.97 bits per heavy atom. The minimum Gasteiger partial charge on any atom is -0.352 e. The van der Waals surface area contributed by atoms with Crippen molar-refractivity contribution in [3.63, 3.8) is 0 Å². The molecule has 1 aliphatic rings. The summed E-state index contributed by atoms with van der Waals surface area (Å²) >= 11 is 0. The Hall–Kier alpha value is -2.62. The van der Waals surface area contributed by atoms with Crippen molar-refractivity contribution in [1.82, 2.24) is 20.4 Å². The Morgan fingerprint density at radius 2 is 1.50 bits per heavy atom. The van der Waals surface area contributed by atoms with Gasteiger partial charge in [0.25, 0.3) is 5.91 Å². The zero-order valence-corrected chi connectivity index (χ0v) is 21.3. The summed E-state index contributed by atoms with van der Waals surface area (Å²) in [5, 5.41) is 6.61. The highest BCUT2D eigenvalue weighted by atomic mass is 127. The smallest absolute Gasteiger partial charge is 0.253 e. The Balaban J connectivity index is 0.00000363. The molecular formula is C24H32IN5O2. The number of hydrogen-bond acceptors (Lipinski definition) is 3. The predicted octanol–water partition coefficient (Wildman–Crippen LogP) is 2.99. The molecule has 32 heavy (non-hydrogen) atoms. The van der Waals surface area contributed by atoms with Gasteiger partial charge in [-0.1, -0.05) is 36.4 Å². The highest BCUT2D eigenvalue weighted by Gasteiger charge is 2.19. The number of halogens is 1. The molecule has 8 heteroatoms. The number of nitrogens with zero attached hydrogens (tertiary/aromatic N) is 3. The lowest BCUT2D eigenvalue weighted by molar-refractivity contribution is -0.128. The molecule has 2 amide bonds. The second-order valence-electron chi connectivity index (χ2n) is 7.91. The van der Waals surface area contributed by atoms with Gasteiger partial charge < -0.3 is 20.4 Å². The van der Waals surface area contributed by atoms with Gasteiger partial charge in [-0.25, -0.2) is 0 Å². The molecule has 7 nitrogen and oxygen atoms in total.